The van der Waals surface area contributed by atoms with Crippen LogP contribution in [0.3, 0.4) is 0 Å². The monoisotopic (exact) mass is 322 g/mol. The first kappa shape index (κ1) is 17.4. The summed E-state index contributed by atoms with van der Waals surface area (Å²) in [5.74, 6) is 1.53. The number of ether oxygens (including phenoxy) is 3. The van der Waals surface area contributed by atoms with Crippen LogP contribution in [0.25, 0.3) is 0 Å². The van der Waals surface area contributed by atoms with Crippen LogP contribution in [0.15, 0.2) is 18.2 Å². The van der Waals surface area contributed by atoms with E-state index in [9.17, 15) is 4.79 Å². The van der Waals surface area contributed by atoms with Crippen molar-refractivity contribution in [1.29, 1.82) is 0 Å². The van der Waals surface area contributed by atoms with Gasteiger partial charge in [-0.05, 0) is 31.0 Å². The van der Waals surface area contributed by atoms with Gasteiger partial charge >= 0.3 is 6.03 Å². The van der Waals surface area contributed by atoms with Crippen molar-refractivity contribution in [1.82, 2.24) is 10.6 Å². The summed E-state index contributed by atoms with van der Waals surface area (Å²) < 4.78 is 16.0. The van der Waals surface area contributed by atoms with Crippen LogP contribution in [0.4, 0.5) is 4.79 Å². The third-order valence-corrected chi connectivity index (χ3v) is 3.80. The molecule has 1 aliphatic heterocycles. The molecule has 0 bridgehead atoms. The number of hydrogen-bond acceptors (Lipinski definition) is 4. The fourth-order valence-corrected chi connectivity index (χ4v) is 2.30. The third-order valence-electron chi connectivity index (χ3n) is 3.80. The number of benzene rings is 1. The van der Waals surface area contributed by atoms with E-state index < -0.39 is 0 Å². The van der Waals surface area contributed by atoms with E-state index >= 15 is 0 Å². The van der Waals surface area contributed by atoms with Gasteiger partial charge in [0.25, 0.3) is 0 Å². The molecule has 0 unspecified atom stereocenters. The highest BCUT2D eigenvalue weighted by molar-refractivity contribution is 5.73. The Bertz CT molecular complexity index is 531. The van der Waals surface area contributed by atoms with Gasteiger partial charge in [-0.25, -0.2) is 4.79 Å². The van der Waals surface area contributed by atoms with Crippen LogP contribution in [0.1, 0.15) is 32.8 Å². The summed E-state index contributed by atoms with van der Waals surface area (Å²) in [6, 6.07) is 5.74. The molecule has 0 atom stereocenters. The Morgan fingerprint density at radius 2 is 2.04 bits per heavy atom. The molecule has 1 aromatic rings. The molecule has 23 heavy (non-hydrogen) atoms. The van der Waals surface area contributed by atoms with Crippen LogP contribution in [-0.2, 0) is 10.2 Å². The van der Waals surface area contributed by atoms with E-state index in [1.165, 1.54) is 0 Å². The van der Waals surface area contributed by atoms with Gasteiger partial charge in [-0.1, -0.05) is 19.9 Å². The van der Waals surface area contributed by atoms with Crippen molar-refractivity contribution in [3.05, 3.63) is 23.8 Å². The number of hydrogen-bond donors (Lipinski definition) is 2. The zero-order chi connectivity index (χ0) is 16.7. The minimum Gasteiger partial charge on any atom is -0.454 e. The standard InChI is InChI=1S/C17H26N2O4/c1-4-21-9-5-8-18-16(20)19-11-17(2,3)13-6-7-14-15(10-13)23-12-22-14/h6-7,10H,4-5,8-9,11-12H2,1-3H3,(H2,18,19,20). The van der Waals surface area contributed by atoms with Crippen molar-refractivity contribution in [3.8, 4) is 11.5 Å². The van der Waals surface area contributed by atoms with Gasteiger partial charge in [-0.15, -0.1) is 0 Å². The fraction of sp³-hybridized carbons (Fsp3) is 0.588. The van der Waals surface area contributed by atoms with Crippen LogP contribution in [-0.4, -0.2) is 39.1 Å². The second kappa shape index (κ2) is 8.06. The molecule has 1 heterocycles. The Labute approximate surface area is 137 Å². The van der Waals surface area contributed by atoms with E-state index in [-0.39, 0.29) is 18.2 Å². The number of carbonyl (C=O) groups is 1. The van der Waals surface area contributed by atoms with Crippen LogP contribution < -0.4 is 20.1 Å². The normalized spacial score (nSPS) is 13.0. The van der Waals surface area contributed by atoms with Crippen LogP contribution in [0.2, 0.25) is 0 Å². The van der Waals surface area contributed by atoms with Gasteiger partial charge in [-0.2, -0.15) is 0 Å². The highest BCUT2D eigenvalue weighted by atomic mass is 16.7. The zero-order valence-corrected chi connectivity index (χ0v) is 14.1. The lowest BCUT2D eigenvalue weighted by atomic mass is 9.84. The minimum absolute atomic E-state index is 0.157. The zero-order valence-electron chi connectivity index (χ0n) is 14.1. The van der Waals surface area contributed by atoms with E-state index in [1.54, 1.807) is 0 Å². The largest absolute Gasteiger partial charge is 0.454 e. The number of carbonyl (C=O) groups excluding carboxylic acids is 1. The second-order valence-electron chi connectivity index (χ2n) is 6.11. The molecule has 0 saturated heterocycles. The van der Waals surface area contributed by atoms with Crippen molar-refractivity contribution in [2.45, 2.75) is 32.6 Å². The Morgan fingerprint density at radius 3 is 2.83 bits per heavy atom. The van der Waals surface area contributed by atoms with Gasteiger partial charge in [0, 0.05) is 31.7 Å². The molecule has 0 radical (unpaired) electrons. The van der Waals surface area contributed by atoms with Crippen LogP contribution in [0, 0.1) is 0 Å². The predicted molar refractivity (Wildman–Crippen MR) is 88.1 cm³/mol. The van der Waals surface area contributed by atoms with E-state index in [1.807, 2.05) is 25.1 Å². The average Bonchev–Trinajstić information content (AvgIpc) is 3.00. The minimum atomic E-state index is -0.205. The summed E-state index contributed by atoms with van der Waals surface area (Å²) in [5.41, 5.74) is 0.891. The first-order valence-electron chi connectivity index (χ1n) is 8.02. The first-order valence-corrected chi connectivity index (χ1v) is 8.02. The number of fused-ring (bicyclic) bond motifs is 1. The highest BCUT2D eigenvalue weighted by Crippen LogP contribution is 2.36. The molecule has 1 aliphatic rings. The Kier molecular flexibility index (Phi) is 6.10. The predicted octanol–water partition coefficient (Wildman–Crippen LogP) is 2.42. The lowest BCUT2D eigenvalue weighted by molar-refractivity contribution is 0.145. The first-order chi connectivity index (χ1) is 11.0. The van der Waals surface area contributed by atoms with Gasteiger partial charge in [-0.3, -0.25) is 0 Å². The summed E-state index contributed by atoms with van der Waals surface area (Å²) in [7, 11) is 0. The van der Waals surface area contributed by atoms with E-state index in [0.29, 0.717) is 26.3 Å². The lowest BCUT2D eigenvalue weighted by Crippen LogP contribution is -2.42. The third kappa shape index (κ3) is 5.03. The van der Waals surface area contributed by atoms with Gasteiger partial charge in [0.15, 0.2) is 11.5 Å². The van der Waals surface area contributed by atoms with Gasteiger partial charge < -0.3 is 24.8 Å². The lowest BCUT2D eigenvalue weighted by Gasteiger charge is -2.26. The summed E-state index contributed by atoms with van der Waals surface area (Å²) in [6.07, 6.45) is 0.812. The number of urea groups is 1. The molecule has 0 aliphatic carbocycles. The summed E-state index contributed by atoms with van der Waals surface area (Å²) in [4.78, 5) is 11.8. The molecule has 0 spiro atoms. The van der Waals surface area contributed by atoms with Gasteiger partial charge in [0.05, 0.1) is 0 Å². The van der Waals surface area contributed by atoms with Crippen LogP contribution >= 0.6 is 0 Å². The maximum Gasteiger partial charge on any atom is 0.314 e. The van der Waals surface area contributed by atoms with Crippen LogP contribution in [0.5, 0.6) is 11.5 Å². The van der Waals surface area contributed by atoms with E-state index in [2.05, 4.69) is 24.5 Å². The van der Waals surface area contributed by atoms with E-state index in [4.69, 9.17) is 14.2 Å². The average molecular weight is 322 g/mol. The molecule has 2 rings (SSSR count). The molecule has 2 N–H and O–H groups in total. The molecule has 2 amide bonds. The van der Waals surface area contributed by atoms with Crippen molar-refractivity contribution >= 4 is 6.03 Å². The van der Waals surface area contributed by atoms with Crippen molar-refractivity contribution in [2.75, 3.05) is 33.1 Å². The topological polar surface area (TPSA) is 68.8 Å². The molecule has 0 aromatic heterocycles. The van der Waals surface area contributed by atoms with E-state index in [0.717, 1.165) is 23.5 Å². The quantitative estimate of drug-likeness (QED) is 0.721. The molecule has 6 nitrogen and oxygen atoms in total. The summed E-state index contributed by atoms with van der Waals surface area (Å²) >= 11 is 0. The van der Waals surface area contributed by atoms with Crippen molar-refractivity contribution < 1.29 is 19.0 Å². The van der Waals surface area contributed by atoms with Gasteiger partial charge in [0.2, 0.25) is 6.79 Å². The fourth-order valence-electron chi connectivity index (χ4n) is 2.30. The summed E-state index contributed by atoms with van der Waals surface area (Å²) in [6.45, 7) is 8.90. The molecule has 128 valence electrons. The number of amides is 2. The second-order valence-corrected chi connectivity index (χ2v) is 6.11. The number of rotatable bonds is 8. The molecule has 0 saturated carbocycles. The molecular weight excluding hydrogens is 296 g/mol. The van der Waals surface area contributed by atoms with Crippen molar-refractivity contribution in [3.63, 3.8) is 0 Å². The maximum atomic E-state index is 11.8. The highest BCUT2D eigenvalue weighted by Gasteiger charge is 2.24. The molecule has 6 heteroatoms. The van der Waals surface area contributed by atoms with Gasteiger partial charge in [0.1, 0.15) is 0 Å². The maximum absolute atomic E-state index is 11.8. The Morgan fingerprint density at radius 1 is 1.26 bits per heavy atom. The molecule has 1 aromatic carbocycles. The molecular formula is C17H26N2O4. The Hall–Kier alpha value is -1.95. The van der Waals surface area contributed by atoms with Crippen molar-refractivity contribution in [2.24, 2.45) is 0 Å². The molecule has 0 fully saturated rings. The summed E-state index contributed by atoms with van der Waals surface area (Å²) in [5, 5.41) is 5.75. The smallest absolute Gasteiger partial charge is 0.314 e. The number of nitrogens with one attached hydrogen (secondary N) is 2. The Balaban J connectivity index is 1.78. The SMILES string of the molecule is CCOCCCNC(=O)NCC(C)(C)c1ccc2c(c1)OCO2.